The first-order chi connectivity index (χ1) is 5.27. The van der Waals surface area contributed by atoms with Gasteiger partial charge in [0.2, 0.25) is 0 Å². The predicted octanol–water partition coefficient (Wildman–Crippen LogP) is 1.44. The highest BCUT2D eigenvalue weighted by Gasteiger charge is 2.23. The molecule has 2 heterocycles. The fourth-order valence-electron chi connectivity index (χ4n) is 1.05. The number of hydrogen-bond acceptors (Lipinski definition) is 2. The summed E-state index contributed by atoms with van der Waals surface area (Å²) >= 11 is 2.24. The molecule has 1 aromatic rings. The molecular formula is C7H9IN2O. The minimum atomic E-state index is 0.511. The van der Waals surface area contributed by atoms with Crippen molar-refractivity contribution in [1.82, 2.24) is 9.97 Å². The van der Waals surface area contributed by atoms with Crippen LogP contribution in [0.5, 0.6) is 0 Å². The molecule has 2 rings (SSSR count). The highest BCUT2D eigenvalue weighted by molar-refractivity contribution is 14.1. The van der Waals surface area contributed by atoms with Crippen LogP contribution in [-0.2, 0) is 4.74 Å². The molecule has 4 heteroatoms. The molecule has 11 heavy (non-hydrogen) atoms. The summed E-state index contributed by atoms with van der Waals surface area (Å²) in [4.78, 5) is 7.63. The summed E-state index contributed by atoms with van der Waals surface area (Å²) in [6.07, 6.45) is 0. The maximum Gasteiger partial charge on any atom is 0.122 e. The van der Waals surface area contributed by atoms with Gasteiger partial charge in [-0.05, 0) is 29.5 Å². The van der Waals surface area contributed by atoms with Gasteiger partial charge in [0, 0.05) is 5.69 Å². The van der Waals surface area contributed by atoms with E-state index >= 15 is 0 Å². The quantitative estimate of drug-likeness (QED) is 0.779. The van der Waals surface area contributed by atoms with E-state index in [1.807, 2.05) is 6.92 Å². The van der Waals surface area contributed by atoms with Crippen molar-refractivity contribution in [2.24, 2.45) is 0 Å². The first-order valence-electron chi connectivity index (χ1n) is 3.57. The Labute approximate surface area is 78.7 Å². The lowest BCUT2D eigenvalue weighted by Crippen LogP contribution is -2.26. The van der Waals surface area contributed by atoms with Gasteiger partial charge in [0.05, 0.1) is 19.1 Å². The number of nitrogens with one attached hydrogen (secondary N) is 1. The summed E-state index contributed by atoms with van der Waals surface area (Å²) in [5.74, 6) is 1.59. The summed E-state index contributed by atoms with van der Waals surface area (Å²) in [5, 5.41) is 0. The van der Waals surface area contributed by atoms with Crippen molar-refractivity contribution in [3.05, 3.63) is 15.2 Å². The molecule has 0 aliphatic carbocycles. The van der Waals surface area contributed by atoms with Crippen LogP contribution in [0.1, 0.15) is 17.4 Å². The Bertz CT molecular complexity index is 248. The summed E-state index contributed by atoms with van der Waals surface area (Å²) < 4.78 is 6.15. The first-order valence-corrected chi connectivity index (χ1v) is 4.65. The Morgan fingerprint density at radius 1 is 1.64 bits per heavy atom. The molecule has 1 fully saturated rings. The van der Waals surface area contributed by atoms with Crippen molar-refractivity contribution in [3.8, 4) is 0 Å². The van der Waals surface area contributed by atoms with Crippen molar-refractivity contribution in [2.45, 2.75) is 12.8 Å². The number of imidazole rings is 1. The lowest BCUT2D eigenvalue weighted by molar-refractivity contribution is 0.00513. The van der Waals surface area contributed by atoms with Crippen LogP contribution < -0.4 is 0 Å². The average molecular weight is 264 g/mol. The maximum atomic E-state index is 5.08. The van der Waals surface area contributed by atoms with Gasteiger partial charge < -0.3 is 9.72 Å². The van der Waals surface area contributed by atoms with Crippen molar-refractivity contribution < 1.29 is 4.74 Å². The van der Waals surface area contributed by atoms with Gasteiger partial charge in [-0.25, -0.2) is 4.98 Å². The molecule has 0 saturated carbocycles. The first kappa shape index (κ1) is 7.54. The largest absolute Gasteiger partial charge is 0.380 e. The monoisotopic (exact) mass is 264 g/mol. The highest BCUT2D eigenvalue weighted by Crippen LogP contribution is 2.22. The number of ether oxygens (including phenoxy) is 1. The molecule has 1 aliphatic rings. The van der Waals surface area contributed by atoms with Crippen LogP contribution in [0.4, 0.5) is 0 Å². The number of aromatic amines is 1. The molecule has 1 N–H and O–H groups in total. The van der Waals surface area contributed by atoms with Crippen LogP contribution in [0, 0.1) is 10.6 Å². The van der Waals surface area contributed by atoms with Crippen molar-refractivity contribution in [3.63, 3.8) is 0 Å². The Kier molecular flexibility index (Phi) is 1.88. The number of nitrogens with zero attached hydrogens (tertiary/aromatic N) is 1. The summed E-state index contributed by atoms with van der Waals surface area (Å²) in [7, 11) is 0. The summed E-state index contributed by atoms with van der Waals surface area (Å²) in [5.41, 5.74) is 1.16. The lowest BCUT2D eigenvalue weighted by Gasteiger charge is -2.23. The molecule has 0 spiro atoms. The van der Waals surface area contributed by atoms with E-state index in [1.165, 1.54) is 0 Å². The lowest BCUT2D eigenvalue weighted by atomic mass is 10.1. The Balaban J connectivity index is 2.24. The average Bonchev–Trinajstić information content (AvgIpc) is 2.08. The zero-order chi connectivity index (χ0) is 7.84. The van der Waals surface area contributed by atoms with Crippen molar-refractivity contribution >= 4 is 22.6 Å². The van der Waals surface area contributed by atoms with E-state index in [1.54, 1.807) is 0 Å². The second-order valence-corrected chi connectivity index (χ2v) is 3.79. The summed E-state index contributed by atoms with van der Waals surface area (Å²) in [6, 6.07) is 0. The van der Waals surface area contributed by atoms with E-state index in [0.29, 0.717) is 5.92 Å². The number of halogens is 1. The van der Waals surface area contributed by atoms with Gasteiger partial charge in [0.15, 0.2) is 0 Å². The molecule has 0 unspecified atom stereocenters. The third kappa shape index (κ3) is 1.29. The normalized spacial score (nSPS) is 18.4. The van der Waals surface area contributed by atoms with Gasteiger partial charge >= 0.3 is 0 Å². The van der Waals surface area contributed by atoms with Crippen LogP contribution in [0.15, 0.2) is 0 Å². The molecule has 0 bridgehead atoms. The number of hydrogen-bond donors (Lipinski definition) is 1. The standard InChI is InChI=1S/C7H9IN2O/c1-4-6(8)10-7(9-4)5-2-11-3-5/h5H,2-3H2,1H3,(H,9,10). The third-order valence-corrected chi connectivity index (χ3v) is 2.92. The second kappa shape index (κ2) is 2.75. The number of aromatic nitrogens is 2. The molecule has 1 saturated heterocycles. The van der Waals surface area contributed by atoms with Gasteiger partial charge in [0.25, 0.3) is 0 Å². The molecule has 0 radical (unpaired) electrons. The smallest absolute Gasteiger partial charge is 0.122 e. The SMILES string of the molecule is Cc1[nH]c(C2COC2)nc1I. The topological polar surface area (TPSA) is 37.9 Å². The van der Waals surface area contributed by atoms with Crippen LogP contribution >= 0.6 is 22.6 Å². The Morgan fingerprint density at radius 3 is 2.73 bits per heavy atom. The third-order valence-electron chi connectivity index (χ3n) is 1.87. The predicted molar refractivity (Wildman–Crippen MR) is 49.6 cm³/mol. The zero-order valence-electron chi connectivity index (χ0n) is 6.22. The summed E-state index contributed by atoms with van der Waals surface area (Å²) in [6.45, 7) is 3.68. The highest BCUT2D eigenvalue weighted by atomic mass is 127. The molecule has 0 aromatic carbocycles. The van der Waals surface area contributed by atoms with Gasteiger partial charge in [-0.1, -0.05) is 0 Å². The number of aryl methyl sites for hydroxylation is 1. The molecule has 1 aliphatic heterocycles. The second-order valence-electron chi connectivity index (χ2n) is 2.77. The molecule has 0 amide bonds. The Morgan fingerprint density at radius 2 is 2.36 bits per heavy atom. The van der Waals surface area contributed by atoms with Crippen LogP contribution in [0.2, 0.25) is 0 Å². The van der Waals surface area contributed by atoms with E-state index in [4.69, 9.17) is 4.74 Å². The fourth-order valence-corrected chi connectivity index (χ4v) is 1.44. The van der Waals surface area contributed by atoms with E-state index in [0.717, 1.165) is 28.4 Å². The van der Waals surface area contributed by atoms with E-state index in [-0.39, 0.29) is 0 Å². The van der Waals surface area contributed by atoms with E-state index in [2.05, 4.69) is 32.6 Å². The number of rotatable bonds is 1. The number of H-pyrrole nitrogens is 1. The molecule has 1 aromatic heterocycles. The van der Waals surface area contributed by atoms with Crippen LogP contribution in [-0.4, -0.2) is 23.2 Å². The molecular weight excluding hydrogens is 255 g/mol. The minimum absolute atomic E-state index is 0.511. The molecule has 0 atom stereocenters. The van der Waals surface area contributed by atoms with E-state index in [9.17, 15) is 0 Å². The van der Waals surface area contributed by atoms with Gasteiger partial charge in [-0.2, -0.15) is 0 Å². The van der Waals surface area contributed by atoms with E-state index < -0.39 is 0 Å². The van der Waals surface area contributed by atoms with Crippen molar-refractivity contribution in [2.75, 3.05) is 13.2 Å². The van der Waals surface area contributed by atoms with Crippen LogP contribution in [0.3, 0.4) is 0 Å². The van der Waals surface area contributed by atoms with Gasteiger partial charge in [-0.15, -0.1) is 0 Å². The van der Waals surface area contributed by atoms with Crippen molar-refractivity contribution in [1.29, 1.82) is 0 Å². The Hall–Kier alpha value is -0.100. The van der Waals surface area contributed by atoms with Gasteiger partial charge in [0.1, 0.15) is 9.53 Å². The minimum Gasteiger partial charge on any atom is -0.380 e. The fraction of sp³-hybridized carbons (Fsp3) is 0.571. The van der Waals surface area contributed by atoms with Gasteiger partial charge in [-0.3, -0.25) is 0 Å². The maximum absolute atomic E-state index is 5.08. The van der Waals surface area contributed by atoms with Crippen LogP contribution in [0.25, 0.3) is 0 Å². The zero-order valence-corrected chi connectivity index (χ0v) is 8.38. The molecule has 60 valence electrons. The molecule has 3 nitrogen and oxygen atoms in total.